The molecule has 2 aromatic rings. The zero-order valence-corrected chi connectivity index (χ0v) is 13.5. The molecular formula is C19H21NO4. The van der Waals surface area contributed by atoms with E-state index in [0.717, 1.165) is 11.1 Å². The van der Waals surface area contributed by atoms with E-state index in [1.54, 1.807) is 6.92 Å². The Balaban J connectivity index is 1.88. The highest BCUT2D eigenvalue weighted by atomic mass is 16.5. The molecule has 5 nitrogen and oxygen atoms in total. The molecule has 2 rings (SSSR count). The number of aliphatic carboxylic acids is 1. The predicted octanol–water partition coefficient (Wildman–Crippen LogP) is 2.40. The second kappa shape index (κ2) is 8.84. The van der Waals surface area contributed by atoms with Gasteiger partial charge in [0.25, 0.3) is 0 Å². The van der Waals surface area contributed by atoms with Crippen molar-refractivity contribution in [1.29, 1.82) is 0 Å². The molecule has 0 fully saturated rings. The smallest absolute Gasteiger partial charge is 0.326 e. The standard InChI is InChI=1S/C19H21NO4/c1-14(24-13-16-10-6-3-7-11-16)18(21)20-17(19(22)23)12-15-8-4-2-5-9-15/h2-11,14,17H,12-13H2,1H3,(H,20,21)(H,22,23). The third kappa shape index (κ3) is 5.52. The summed E-state index contributed by atoms with van der Waals surface area (Å²) in [5.74, 6) is -1.50. The lowest BCUT2D eigenvalue weighted by Crippen LogP contribution is -2.46. The Labute approximate surface area is 141 Å². The quantitative estimate of drug-likeness (QED) is 0.781. The van der Waals surface area contributed by atoms with Crippen molar-refractivity contribution in [2.75, 3.05) is 0 Å². The summed E-state index contributed by atoms with van der Waals surface area (Å²) in [5, 5.41) is 11.9. The third-order valence-corrected chi connectivity index (χ3v) is 3.61. The Morgan fingerprint density at radius 3 is 2.08 bits per heavy atom. The Morgan fingerprint density at radius 1 is 1.00 bits per heavy atom. The molecule has 0 radical (unpaired) electrons. The van der Waals surface area contributed by atoms with Gasteiger partial charge >= 0.3 is 5.97 Å². The SMILES string of the molecule is CC(OCc1ccccc1)C(=O)NC(Cc1ccccc1)C(=O)O. The van der Waals surface area contributed by atoms with Crippen LogP contribution >= 0.6 is 0 Å². The van der Waals surface area contributed by atoms with E-state index in [1.807, 2.05) is 60.7 Å². The minimum atomic E-state index is -1.07. The van der Waals surface area contributed by atoms with Crippen LogP contribution in [0.4, 0.5) is 0 Å². The summed E-state index contributed by atoms with van der Waals surface area (Å²) in [5.41, 5.74) is 1.80. The Hall–Kier alpha value is -2.66. The van der Waals surface area contributed by atoms with Crippen LogP contribution in [0.25, 0.3) is 0 Å². The maximum Gasteiger partial charge on any atom is 0.326 e. The van der Waals surface area contributed by atoms with Crippen molar-refractivity contribution < 1.29 is 19.4 Å². The van der Waals surface area contributed by atoms with Gasteiger partial charge in [0.1, 0.15) is 12.1 Å². The maximum absolute atomic E-state index is 12.2. The molecule has 0 bridgehead atoms. The van der Waals surface area contributed by atoms with Crippen LogP contribution in [0.5, 0.6) is 0 Å². The first-order chi connectivity index (χ1) is 11.6. The number of benzene rings is 2. The molecule has 5 heteroatoms. The molecule has 0 saturated heterocycles. The van der Waals surface area contributed by atoms with Gasteiger partial charge < -0.3 is 15.2 Å². The number of carbonyl (C=O) groups is 2. The highest BCUT2D eigenvalue weighted by Gasteiger charge is 2.23. The van der Waals surface area contributed by atoms with Crippen molar-refractivity contribution >= 4 is 11.9 Å². The topological polar surface area (TPSA) is 75.6 Å². The van der Waals surface area contributed by atoms with Gasteiger partial charge in [0.15, 0.2) is 0 Å². The van der Waals surface area contributed by atoms with Crippen molar-refractivity contribution in [2.24, 2.45) is 0 Å². The fraction of sp³-hybridized carbons (Fsp3) is 0.263. The lowest BCUT2D eigenvalue weighted by Gasteiger charge is -2.18. The molecule has 0 spiro atoms. The number of hydrogen-bond donors (Lipinski definition) is 2. The number of carbonyl (C=O) groups excluding carboxylic acids is 1. The average Bonchev–Trinajstić information content (AvgIpc) is 2.60. The van der Waals surface area contributed by atoms with Crippen LogP contribution < -0.4 is 5.32 Å². The van der Waals surface area contributed by atoms with Crippen molar-refractivity contribution in [1.82, 2.24) is 5.32 Å². The highest BCUT2D eigenvalue weighted by molar-refractivity contribution is 5.86. The lowest BCUT2D eigenvalue weighted by molar-refractivity contribution is -0.144. The van der Waals surface area contributed by atoms with Gasteiger partial charge in [-0.3, -0.25) is 4.79 Å². The van der Waals surface area contributed by atoms with E-state index in [0.29, 0.717) is 6.61 Å². The number of carboxylic acid groups (broad SMARTS) is 1. The van der Waals surface area contributed by atoms with Crippen LogP contribution in [0.1, 0.15) is 18.1 Å². The van der Waals surface area contributed by atoms with E-state index in [1.165, 1.54) is 0 Å². The third-order valence-electron chi connectivity index (χ3n) is 3.61. The molecule has 0 saturated carbocycles. The molecule has 24 heavy (non-hydrogen) atoms. The zero-order valence-electron chi connectivity index (χ0n) is 13.5. The number of ether oxygens (including phenoxy) is 1. The summed E-state index contributed by atoms with van der Waals surface area (Å²) in [6.45, 7) is 1.91. The first-order valence-electron chi connectivity index (χ1n) is 7.79. The Bertz CT molecular complexity index is 658. The number of carboxylic acids is 1. The lowest BCUT2D eigenvalue weighted by atomic mass is 10.1. The van der Waals surface area contributed by atoms with Gasteiger partial charge in [-0.05, 0) is 18.1 Å². The number of amides is 1. The largest absolute Gasteiger partial charge is 0.480 e. The summed E-state index contributed by atoms with van der Waals surface area (Å²) < 4.78 is 5.52. The van der Waals surface area contributed by atoms with E-state index in [-0.39, 0.29) is 6.42 Å². The zero-order chi connectivity index (χ0) is 17.4. The first kappa shape index (κ1) is 17.7. The molecule has 0 aliphatic carbocycles. The van der Waals surface area contributed by atoms with Gasteiger partial charge in [0, 0.05) is 6.42 Å². The molecule has 0 aliphatic rings. The van der Waals surface area contributed by atoms with Crippen LogP contribution in [0, 0.1) is 0 Å². The predicted molar refractivity (Wildman–Crippen MR) is 90.4 cm³/mol. The van der Waals surface area contributed by atoms with Gasteiger partial charge in [-0.1, -0.05) is 60.7 Å². The van der Waals surface area contributed by atoms with Crippen molar-refractivity contribution in [3.8, 4) is 0 Å². The van der Waals surface area contributed by atoms with E-state index < -0.39 is 24.0 Å². The van der Waals surface area contributed by atoms with E-state index in [4.69, 9.17) is 4.74 Å². The molecule has 0 heterocycles. The minimum Gasteiger partial charge on any atom is -0.480 e. The molecule has 126 valence electrons. The van der Waals surface area contributed by atoms with Gasteiger partial charge in [-0.25, -0.2) is 4.79 Å². The molecule has 2 atom stereocenters. The van der Waals surface area contributed by atoms with Crippen molar-refractivity contribution in [3.05, 3.63) is 71.8 Å². The molecule has 2 unspecified atom stereocenters. The van der Waals surface area contributed by atoms with Crippen LogP contribution in [-0.2, 0) is 27.4 Å². The normalized spacial score (nSPS) is 13.0. The molecular weight excluding hydrogens is 306 g/mol. The Morgan fingerprint density at radius 2 is 1.54 bits per heavy atom. The van der Waals surface area contributed by atoms with Crippen LogP contribution in [0.3, 0.4) is 0 Å². The molecule has 1 amide bonds. The van der Waals surface area contributed by atoms with Crippen molar-refractivity contribution in [2.45, 2.75) is 32.1 Å². The molecule has 2 N–H and O–H groups in total. The summed E-state index contributed by atoms with van der Waals surface area (Å²) >= 11 is 0. The second-order valence-corrected chi connectivity index (χ2v) is 5.53. The van der Waals surface area contributed by atoms with Crippen LogP contribution in [-0.4, -0.2) is 29.1 Å². The highest BCUT2D eigenvalue weighted by Crippen LogP contribution is 2.06. The summed E-state index contributed by atoms with van der Waals surface area (Å²) in [6, 6.07) is 17.7. The fourth-order valence-corrected chi connectivity index (χ4v) is 2.21. The first-order valence-corrected chi connectivity index (χ1v) is 7.79. The van der Waals surface area contributed by atoms with Gasteiger partial charge in [-0.2, -0.15) is 0 Å². The fourth-order valence-electron chi connectivity index (χ4n) is 2.21. The minimum absolute atomic E-state index is 0.229. The van der Waals surface area contributed by atoms with Gasteiger partial charge in [0.05, 0.1) is 6.61 Å². The van der Waals surface area contributed by atoms with Crippen LogP contribution in [0.2, 0.25) is 0 Å². The number of nitrogens with one attached hydrogen (secondary N) is 1. The molecule has 2 aromatic carbocycles. The van der Waals surface area contributed by atoms with Gasteiger partial charge in [0.2, 0.25) is 5.91 Å². The van der Waals surface area contributed by atoms with E-state index in [9.17, 15) is 14.7 Å². The summed E-state index contributed by atoms with van der Waals surface area (Å²) in [6.07, 6.45) is -0.504. The molecule has 0 aliphatic heterocycles. The van der Waals surface area contributed by atoms with E-state index in [2.05, 4.69) is 5.32 Å². The summed E-state index contributed by atoms with van der Waals surface area (Å²) in [4.78, 5) is 23.6. The van der Waals surface area contributed by atoms with Crippen LogP contribution in [0.15, 0.2) is 60.7 Å². The Kier molecular flexibility index (Phi) is 6.51. The number of hydrogen-bond acceptors (Lipinski definition) is 3. The number of rotatable bonds is 8. The monoisotopic (exact) mass is 327 g/mol. The van der Waals surface area contributed by atoms with E-state index >= 15 is 0 Å². The average molecular weight is 327 g/mol. The van der Waals surface area contributed by atoms with Gasteiger partial charge in [-0.15, -0.1) is 0 Å². The van der Waals surface area contributed by atoms with Crippen molar-refractivity contribution in [3.63, 3.8) is 0 Å². The molecule has 0 aromatic heterocycles. The summed E-state index contributed by atoms with van der Waals surface area (Å²) in [7, 11) is 0. The maximum atomic E-state index is 12.2. The second-order valence-electron chi connectivity index (χ2n) is 5.53.